The summed E-state index contributed by atoms with van der Waals surface area (Å²) in [6.45, 7) is 6.17. The Labute approximate surface area is 163 Å². The molecule has 0 aromatic rings. The number of hydrogen-bond donors (Lipinski definition) is 0. The summed E-state index contributed by atoms with van der Waals surface area (Å²) in [5.41, 5.74) is 0. The fourth-order valence-corrected chi connectivity index (χ4v) is 2.78. The van der Waals surface area contributed by atoms with Crippen LogP contribution >= 0.6 is 0 Å². The van der Waals surface area contributed by atoms with Crippen LogP contribution in [0.5, 0.6) is 0 Å². The van der Waals surface area contributed by atoms with E-state index in [4.69, 9.17) is 28.4 Å². The molecule has 0 saturated carbocycles. The van der Waals surface area contributed by atoms with Gasteiger partial charge in [0.15, 0.2) is 0 Å². The van der Waals surface area contributed by atoms with Crippen molar-refractivity contribution >= 4 is 17.9 Å². The Kier molecular flexibility index (Phi) is 6.90. The van der Waals surface area contributed by atoms with Crippen molar-refractivity contribution in [2.45, 2.75) is 76.7 Å². The fraction of sp³-hybridized carbons (Fsp3) is 0.842. The van der Waals surface area contributed by atoms with Crippen LogP contribution in [-0.2, 0) is 42.8 Å². The molecule has 3 fully saturated rings. The molecule has 3 saturated heterocycles. The standard InChI is InChI=1S/C19H28O9/c1-10-14(26-10)7-23-17(20)5-4-13(19(22)25-9-16-12(3)28-16)6-18(21)24-8-15-11(2)27-15/h10-16H,4-9H2,1-3H3. The fourth-order valence-electron chi connectivity index (χ4n) is 2.78. The summed E-state index contributed by atoms with van der Waals surface area (Å²) in [7, 11) is 0. The lowest BCUT2D eigenvalue weighted by atomic mass is 9.99. The van der Waals surface area contributed by atoms with Crippen LogP contribution in [0, 0.1) is 5.92 Å². The van der Waals surface area contributed by atoms with Gasteiger partial charge in [-0.1, -0.05) is 0 Å². The second-order valence-corrected chi connectivity index (χ2v) is 7.57. The van der Waals surface area contributed by atoms with Gasteiger partial charge in [-0.2, -0.15) is 0 Å². The molecule has 0 aliphatic carbocycles. The van der Waals surface area contributed by atoms with Crippen molar-refractivity contribution in [2.75, 3.05) is 19.8 Å². The summed E-state index contributed by atoms with van der Waals surface area (Å²) in [5, 5.41) is 0. The van der Waals surface area contributed by atoms with E-state index in [0.717, 1.165) is 0 Å². The third-order valence-electron chi connectivity index (χ3n) is 5.16. The molecule has 3 aliphatic rings. The molecule has 0 amide bonds. The van der Waals surface area contributed by atoms with E-state index in [1.54, 1.807) is 0 Å². The molecule has 0 aromatic carbocycles. The lowest BCUT2D eigenvalue weighted by molar-refractivity contribution is -0.156. The normalized spacial score (nSPS) is 33.5. The SMILES string of the molecule is CC1OC1COC(=O)CCC(CC(=O)OCC1OC1C)C(=O)OCC1OC1C. The Balaban J connectivity index is 1.41. The van der Waals surface area contributed by atoms with Crippen LogP contribution in [0.15, 0.2) is 0 Å². The van der Waals surface area contributed by atoms with Crippen molar-refractivity contribution in [2.24, 2.45) is 5.92 Å². The van der Waals surface area contributed by atoms with E-state index in [9.17, 15) is 14.4 Å². The van der Waals surface area contributed by atoms with Gasteiger partial charge in [-0.05, 0) is 27.2 Å². The number of hydrogen-bond acceptors (Lipinski definition) is 9. The first-order chi connectivity index (χ1) is 13.3. The summed E-state index contributed by atoms with van der Waals surface area (Å²) >= 11 is 0. The second-order valence-electron chi connectivity index (χ2n) is 7.57. The minimum absolute atomic E-state index is 0.00719. The highest BCUT2D eigenvalue weighted by molar-refractivity contribution is 5.80. The van der Waals surface area contributed by atoms with E-state index < -0.39 is 23.8 Å². The van der Waals surface area contributed by atoms with E-state index >= 15 is 0 Å². The molecule has 7 atom stereocenters. The van der Waals surface area contributed by atoms with E-state index in [-0.39, 0.29) is 75.7 Å². The zero-order valence-corrected chi connectivity index (χ0v) is 16.5. The number of rotatable bonds is 12. The van der Waals surface area contributed by atoms with Crippen molar-refractivity contribution in [1.29, 1.82) is 0 Å². The Morgan fingerprint density at radius 3 is 1.64 bits per heavy atom. The molecule has 9 nitrogen and oxygen atoms in total. The topological polar surface area (TPSA) is 116 Å². The number of esters is 3. The first-order valence-corrected chi connectivity index (χ1v) is 9.77. The van der Waals surface area contributed by atoms with Crippen molar-refractivity contribution in [1.82, 2.24) is 0 Å². The Hall–Kier alpha value is -1.71. The van der Waals surface area contributed by atoms with E-state index in [1.165, 1.54) is 0 Å². The van der Waals surface area contributed by atoms with Crippen molar-refractivity contribution in [3.8, 4) is 0 Å². The van der Waals surface area contributed by atoms with Crippen LogP contribution in [0.25, 0.3) is 0 Å². The average Bonchev–Trinajstić information content (AvgIpc) is 3.59. The first kappa shape index (κ1) is 21.0. The minimum Gasteiger partial charge on any atom is -0.463 e. The number of epoxide rings is 3. The summed E-state index contributed by atoms with van der Waals surface area (Å²) in [5.74, 6) is -2.27. The third-order valence-corrected chi connectivity index (χ3v) is 5.16. The van der Waals surface area contributed by atoms with E-state index in [2.05, 4.69) is 0 Å². The van der Waals surface area contributed by atoms with Gasteiger partial charge >= 0.3 is 17.9 Å². The first-order valence-electron chi connectivity index (χ1n) is 9.77. The Morgan fingerprint density at radius 1 is 0.750 bits per heavy atom. The molecular formula is C19H28O9. The van der Waals surface area contributed by atoms with Gasteiger partial charge in [0.05, 0.1) is 30.7 Å². The van der Waals surface area contributed by atoms with Crippen LogP contribution in [0.3, 0.4) is 0 Å². The summed E-state index contributed by atoms with van der Waals surface area (Å²) in [4.78, 5) is 36.3. The molecule has 0 N–H and O–H groups in total. The molecule has 3 aliphatic heterocycles. The van der Waals surface area contributed by atoms with Crippen molar-refractivity contribution in [3.63, 3.8) is 0 Å². The highest BCUT2D eigenvalue weighted by Gasteiger charge is 2.38. The summed E-state index contributed by atoms with van der Waals surface area (Å²) < 4.78 is 31.1. The molecule has 0 aromatic heterocycles. The molecule has 0 bridgehead atoms. The largest absolute Gasteiger partial charge is 0.463 e. The number of ether oxygens (including phenoxy) is 6. The van der Waals surface area contributed by atoms with Crippen molar-refractivity contribution in [3.05, 3.63) is 0 Å². The van der Waals surface area contributed by atoms with Crippen LogP contribution in [0.2, 0.25) is 0 Å². The van der Waals surface area contributed by atoms with Gasteiger partial charge in [0.1, 0.15) is 38.1 Å². The molecule has 7 unspecified atom stereocenters. The number of carbonyl (C=O) groups is 3. The minimum atomic E-state index is -0.775. The molecule has 0 radical (unpaired) electrons. The Bertz CT molecular complexity index is 592. The molecular weight excluding hydrogens is 372 g/mol. The van der Waals surface area contributed by atoms with Crippen LogP contribution in [0.1, 0.15) is 40.0 Å². The Morgan fingerprint density at radius 2 is 1.18 bits per heavy atom. The number of carbonyl (C=O) groups excluding carboxylic acids is 3. The lowest BCUT2D eigenvalue weighted by Gasteiger charge is -2.15. The molecule has 0 spiro atoms. The van der Waals surface area contributed by atoms with Gasteiger partial charge < -0.3 is 28.4 Å². The average molecular weight is 400 g/mol. The van der Waals surface area contributed by atoms with Crippen LogP contribution < -0.4 is 0 Å². The maximum atomic E-state index is 12.4. The van der Waals surface area contributed by atoms with Gasteiger partial charge in [-0.15, -0.1) is 0 Å². The predicted octanol–water partition coefficient (Wildman–Crippen LogP) is 0.764. The van der Waals surface area contributed by atoms with E-state index in [1.807, 2.05) is 20.8 Å². The monoisotopic (exact) mass is 400 g/mol. The van der Waals surface area contributed by atoms with E-state index in [0.29, 0.717) is 0 Å². The zero-order valence-electron chi connectivity index (χ0n) is 16.5. The molecule has 3 heterocycles. The predicted molar refractivity (Wildman–Crippen MR) is 93.2 cm³/mol. The maximum absolute atomic E-state index is 12.4. The zero-order chi connectivity index (χ0) is 20.3. The van der Waals surface area contributed by atoms with Gasteiger partial charge in [-0.25, -0.2) is 0 Å². The summed E-state index contributed by atoms with van der Waals surface area (Å²) in [6, 6.07) is 0. The van der Waals surface area contributed by atoms with Gasteiger partial charge in [0, 0.05) is 6.42 Å². The molecule has 3 rings (SSSR count). The van der Waals surface area contributed by atoms with Gasteiger partial charge in [0.25, 0.3) is 0 Å². The highest BCUT2D eigenvalue weighted by Crippen LogP contribution is 2.24. The quantitative estimate of drug-likeness (QED) is 0.266. The maximum Gasteiger partial charge on any atom is 0.309 e. The highest BCUT2D eigenvalue weighted by atomic mass is 16.6. The smallest absolute Gasteiger partial charge is 0.309 e. The van der Waals surface area contributed by atoms with Crippen LogP contribution in [0.4, 0.5) is 0 Å². The van der Waals surface area contributed by atoms with Gasteiger partial charge in [-0.3, -0.25) is 14.4 Å². The van der Waals surface area contributed by atoms with Crippen LogP contribution in [-0.4, -0.2) is 74.4 Å². The third kappa shape index (κ3) is 6.72. The molecule has 28 heavy (non-hydrogen) atoms. The van der Waals surface area contributed by atoms with Crippen molar-refractivity contribution < 1.29 is 42.8 Å². The molecule has 158 valence electrons. The molecule has 9 heteroatoms. The van der Waals surface area contributed by atoms with Gasteiger partial charge in [0.2, 0.25) is 0 Å². The second kappa shape index (κ2) is 9.19. The summed E-state index contributed by atoms with van der Waals surface area (Å²) in [6.07, 6.45) is 0.0270. The lowest BCUT2D eigenvalue weighted by Crippen LogP contribution is -2.25.